The zero-order valence-electron chi connectivity index (χ0n) is 20.8. The van der Waals surface area contributed by atoms with Gasteiger partial charge in [0, 0.05) is 54.4 Å². The molecule has 7 heteroatoms. The van der Waals surface area contributed by atoms with Gasteiger partial charge in [0.1, 0.15) is 23.2 Å². The van der Waals surface area contributed by atoms with E-state index in [0.717, 1.165) is 33.9 Å². The van der Waals surface area contributed by atoms with Crippen molar-refractivity contribution in [2.24, 2.45) is 0 Å². The Labute approximate surface area is 218 Å². The van der Waals surface area contributed by atoms with Gasteiger partial charge < -0.3 is 4.74 Å². The molecule has 4 aromatic rings. The third-order valence-electron chi connectivity index (χ3n) is 6.73. The molecule has 2 aromatic carbocycles. The molecule has 1 aliphatic rings. The quantitative estimate of drug-likeness (QED) is 0.244. The van der Waals surface area contributed by atoms with E-state index in [9.17, 15) is 18.0 Å². The van der Waals surface area contributed by atoms with Gasteiger partial charge in [0.05, 0.1) is 12.8 Å². The Morgan fingerprint density at radius 1 is 0.947 bits per heavy atom. The number of aromatic nitrogens is 2. The monoisotopic (exact) mass is 514 g/mol. The highest BCUT2D eigenvalue weighted by Gasteiger charge is 2.24. The first kappa shape index (κ1) is 25.4. The van der Waals surface area contributed by atoms with Gasteiger partial charge in [-0.3, -0.25) is 9.78 Å². The van der Waals surface area contributed by atoms with Crippen molar-refractivity contribution in [2.75, 3.05) is 7.11 Å². The van der Waals surface area contributed by atoms with Crippen molar-refractivity contribution in [3.05, 3.63) is 119 Å². The first-order valence-electron chi connectivity index (χ1n) is 12.3. The number of rotatable bonds is 9. The maximum atomic E-state index is 14.0. The van der Waals surface area contributed by atoms with E-state index in [1.807, 2.05) is 18.2 Å². The summed E-state index contributed by atoms with van der Waals surface area (Å²) in [5.74, 6) is -1.78. The lowest BCUT2D eigenvalue weighted by atomic mass is 9.86. The maximum Gasteiger partial charge on any atom is 0.212 e. The molecule has 1 aliphatic carbocycles. The molecule has 0 amide bonds. The summed E-state index contributed by atoms with van der Waals surface area (Å²) < 4.78 is 47.1. The van der Waals surface area contributed by atoms with Crippen LogP contribution in [0.4, 0.5) is 13.2 Å². The highest BCUT2D eigenvalue weighted by molar-refractivity contribution is 5.92. The molecule has 2 aromatic heterocycles. The summed E-state index contributed by atoms with van der Waals surface area (Å²) in [6.45, 7) is 0. The zero-order chi connectivity index (χ0) is 26.6. The fourth-order valence-electron chi connectivity index (χ4n) is 5.02. The molecule has 4 nitrogen and oxygen atoms in total. The second kappa shape index (κ2) is 11.0. The van der Waals surface area contributed by atoms with E-state index < -0.39 is 17.6 Å². The number of fused-ring (bicyclic) bond motifs is 1. The summed E-state index contributed by atoms with van der Waals surface area (Å²) in [5.41, 5.74) is 5.14. The smallest absolute Gasteiger partial charge is 0.212 e. The number of benzene rings is 2. The SMILES string of the molecule is COc1ccc(-c2cccnc2[C@@H](CC(=O)CC2=CCc3ccc(F)cc32)Cc2cc(F)cc(F)c2)cn1. The van der Waals surface area contributed by atoms with Crippen molar-refractivity contribution < 1.29 is 22.7 Å². The standard InChI is InChI=1S/C31H25F3N2O2/c1-38-30-9-7-22(18-36-30)28-3-2-10-35-31(28)23(11-19-12-25(33)16-26(34)13-19)15-27(37)14-21-5-4-20-6-8-24(32)17-29(20)21/h2-3,5-10,12-13,16-18,23H,4,11,14-15H2,1H3/t23-/m1/s1. The fraction of sp³-hybridized carbons (Fsp3) is 0.194. The van der Waals surface area contributed by atoms with Crippen molar-refractivity contribution in [2.45, 2.75) is 31.6 Å². The molecule has 0 unspecified atom stereocenters. The molecule has 5 rings (SSSR count). The normalized spacial score (nSPS) is 13.1. The number of halogens is 3. The predicted octanol–water partition coefficient (Wildman–Crippen LogP) is 6.88. The van der Waals surface area contributed by atoms with E-state index in [2.05, 4.69) is 9.97 Å². The lowest BCUT2D eigenvalue weighted by molar-refractivity contribution is -0.118. The number of methoxy groups -OCH3 is 1. The Morgan fingerprint density at radius 2 is 1.76 bits per heavy atom. The zero-order valence-corrected chi connectivity index (χ0v) is 20.8. The number of carbonyl (C=O) groups is 1. The van der Waals surface area contributed by atoms with E-state index in [-0.39, 0.29) is 30.9 Å². The van der Waals surface area contributed by atoms with Crippen molar-refractivity contribution in [1.29, 1.82) is 0 Å². The second-order valence-corrected chi connectivity index (χ2v) is 9.36. The van der Waals surface area contributed by atoms with Crippen LogP contribution < -0.4 is 4.74 Å². The van der Waals surface area contributed by atoms with Crippen LogP contribution in [0.3, 0.4) is 0 Å². The van der Waals surface area contributed by atoms with Crippen molar-refractivity contribution in [1.82, 2.24) is 9.97 Å². The molecule has 0 saturated heterocycles. The molecular formula is C31H25F3N2O2. The van der Waals surface area contributed by atoms with Gasteiger partial charge in [-0.15, -0.1) is 0 Å². The number of carbonyl (C=O) groups excluding carboxylic acids is 1. The van der Waals surface area contributed by atoms with Gasteiger partial charge in [0.2, 0.25) is 5.88 Å². The van der Waals surface area contributed by atoms with Crippen LogP contribution in [0.25, 0.3) is 16.7 Å². The number of hydrogen-bond donors (Lipinski definition) is 0. The second-order valence-electron chi connectivity index (χ2n) is 9.36. The lowest BCUT2D eigenvalue weighted by Crippen LogP contribution is -2.13. The summed E-state index contributed by atoms with van der Waals surface area (Å²) in [7, 11) is 1.53. The van der Waals surface area contributed by atoms with Crippen LogP contribution in [-0.4, -0.2) is 22.9 Å². The van der Waals surface area contributed by atoms with E-state index in [0.29, 0.717) is 23.6 Å². The Balaban J connectivity index is 1.47. The maximum absolute atomic E-state index is 14.0. The number of ketones is 1. The molecule has 192 valence electrons. The average Bonchev–Trinajstić information content (AvgIpc) is 3.29. The third-order valence-corrected chi connectivity index (χ3v) is 6.73. The Morgan fingerprint density at radius 3 is 2.50 bits per heavy atom. The van der Waals surface area contributed by atoms with Gasteiger partial charge in [-0.1, -0.05) is 18.2 Å². The van der Waals surface area contributed by atoms with Crippen LogP contribution in [0.2, 0.25) is 0 Å². The minimum atomic E-state index is -0.680. The summed E-state index contributed by atoms with van der Waals surface area (Å²) in [5, 5.41) is 0. The minimum Gasteiger partial charge on any atom is -0.481 e. The largest absolute Gasteiger partial charge is 0.481 e. The topological polar surface area (TPSA) is 52.1 Å². The molecule has 0 bridgehead atoms. The van der Waals surface area contributed by atoms with Crippen LogP contribution in [0.1, 0.15) is 41.1 Å². The Kier molecular flexibility index (Phi) is 7.36. The van der Waals surface area contributed by atoms with Gasteiger partial charge in [-0.05, 0) is 71.5 Å². The highest BCUT2D eigenvalue weighted by atomic mass is 19.1. The molecule has 2 heterocycles. The third kappa shape index (κ3) is 5.67. The number of nitrogens with zero attached hydrogens (tertiary/aromatic N) is 2. The fourth-order valence-corrected chi connectivity index (χ4v) is 5.02. The molecule has 0 spiro atoms. The highest BCUT2D eigenvalue weighted by Crippen LogP contribution is 2.35. The van der Waals surface area contributed by atoms with Gasteiger partial charge in [-0.25, -0.2) is 18.2 Å². The Hall–Kier alpha value is -4.26. The minimum absolute atomic E-state index is 0.0697. The van der Waals surface area contributed by atoms with E-state index >= 15 is 0 Å². The summed E-state index contributed by atoms with van der Waals surface area (Å²) in [6, 6.07) is 15.2. The summed E-state index contributed by atoms with van der Waals surface area (Å²) in [6.07, 6.45) is 6.34. The lowest BCUT2D eigenvalue weighted by Gasteiger charge is -2.20. The number of allylic oxidation sites excluding steroid dienone is 2. The first-order valence-corrected chi connectivity index (χ1v) is 12.3. The van der Waals surface area contributed by atoms with E-state index in [1.165, 1.54) is 31.4 Å². The molecule has 1 atom stereocenters. The average molecular weight is 515 g/mol. The molecule has 38 heavy (non-hydrogen) atoms. The van der Waals surface area contributed by atoms with Crippen LogP contribution in [0, 0.1) is 17.5 Å². The Bertz CT molecular complexity index is 1500. The molecular weight excluding hydrogens is 489 g/mol. The van der Waals surface area contributed by atoms with Crippen molar-refractivity contribution >= 4 is 11.4 Å². The number of hydrogen-bond acceptors (Lipinski definition) is 4. The molecule has 0 fully saturated rings. The van der Waals surface area contributed by atoms with Gasteiger partial charge in [-0.2, -0.15) is 0 Å². The van der Waals surface area contributed by atoms with E-state index in [4.69, 9.17) is 4.74 Å². The molecule has 0 aliphatic heterocycles. The van der Waals surface area contributed by atoms with Gasteiger partial charge in [0.15, 0.2) is 0 Å². The van der Waals surface area contributed by atoms with Gasteiger partial charge in [0.25, 0.3) is 0 Å². The van der Waals surface area contributed by atoms with E-state index in [1.54, 1.807) is 30.6 Å². The van der Waals surface area contributed by atoms with Crippen LogP contribution >= 0.6 is 0 Å². The number of Topliss-reactive ketones (excluding diaryl/α,β-unsaturated/α-hetero) is 1. The van der Waals surface area contributed by atoms with Gasteiger partial charge >= 0.3 is 0 Å². The molecule has 0 saturated carbocycles. The van der Waals surface area contributed by atoms with Crippen LogP contribution in [0.15, 0.2) is 79.1 Å². The summed E-state index contributed by atoms with van der Waals surface area (Å²) in [4.78, 5) is 22.3. The number of ether oxygens (including phenoxy) is 1. The molecule has 0 radical (unpaired) electrons. The summed E-state index contributed by atoms with van der Waals surface area (Å²) >= 11 is 0. The predicted molar refractivity (Wildman–Crippen MR) is 139 cm³/mol. The van der Waals surface area contributed by atoms with Crippen LogP contribution in [-0.2, 0) is 17.6 Å². The molecule has 0 N–H and O–H groups in total. The number of pyridine rings is 2. The first-order chi connectivity index (χ1) is 18.4. The van der Waals surface area contributed by atoms with Crippen LogP contribution in [0.5, 0.6) is 5.88 Å². The van der Waals surface area contributed by atoms with Crippen molar-refractivity contribution in [3.63, 3.8) is 0 Å². The van der Waals surface area contributed by atoms with Crippen molar-refractivity contribution in [3.8, 4) is 17.0 Å².